The Bertz CT molecular complexity index is 370. The fourth-order valence-electron chi connectivity index (χ4n) is 1.55. The van der Waals surface area contributed by atoms with E-state index >= 15 is 0 Å². The Kier molecular flexibility index (Phi) is 4.25. The number of allylic oxidation sites excluding steroid dienone is 1. The maximum Gasteiger partial charge on any atom is 0.307 e. The first-order valence-electron chi connectivity index (χ1n) is 5.10. The zero-order chi connectivity index (χ0) is 13.0. The molecular formula is C11H14O6. The minimum Gasteiger partial charge on any atom is -0.491 e. The molecule has 0 N–H and O–H groups in total. The van der Waals surface area contributed by atoms with Crippen molar-refractivity contribution in [3.8, 4) is 0 Å². The summed E-state index contributed by atoms with van der Waals surface area (Å²) < 4.78 is 15.0. The Morgan fingerprint density at radius 1 is 1.35 bits per heavy atom. The second-order valence-corrected chi connectivity index (χ2v) is 3.63. The SMILES string of the molecule is CC(=O)OC1=C(C)OCC(OC(C)=O)C1C=O. The molecule has 0 aliphatic carbocycles. The first kappa shape index (κ1) is 13.2. The fourth-order valence-corrected chi connectivity index (χ4v) is 1.55. The lowest BCUT2D eigenvalue weighted by molar-refractivity contribution is -0.156. The van der Waals surface area contributed by atoms with Crippen LogP contribution in [-0.4, -0.2) is 30.9 Å². The van der Waals surface area contributed by atoms with Crippen molar-refractivity contribution in [3.05, 3.63) is 11.5 Å². The van der Waals surface area contributed by atoms with Gasteiger partial charge in [-0.05, 0) is 6.92 Å². The van der Waals surface area contributed by atoms with Crippen molar-refractivity contribution in [2.45, 2.75) is 26.9 Å². The van der Waals surface area contributed by atoms with Crippen LogP contribution in [-0.2, 0) is 28.6 Å². The Labute approximate surface area is 98.5 Å². The summed E-state index contributed by atoms with van der Waals surface area (Å²) >= 11 is 0. The van der Waals surface area contributed by atoms with Gasteiger partial charge in [-0.15, -0.1) is 0 Å². The lowest BCUT2D eigenvalue weighted by Gasteiger charge is -2.29. The van der Waals surface area contributed by atoms with Crippen LogP contribution in [0.3, 0.4) is 0 Å². The monoisotopic (exact) mass is 242 g/mol. The van der Waals surface area contributed by atoms with Crippen molar-refractivity contribution in [2.75, 3.05) is 6.61 Å². The third kappa shape index (κ3) is 3.30. The number of aldehydes is 1. The maximum atomic E-state index is 11.0. The van der Waals surface area contributed by atoms with Crippen molar-refractivity contribution < 1.29 is 28.6 Å². The van der Waals surface area contributed by atoms with E-state index in [1.165, 1.54) is 13.8 Å². The quantitative estimate of drug-likeness (QED) is 0.531. The van der Waals surface area contributed by atoms with Crippen molar-refractivity contribution in [1.29, 1.82) is 0 Å². The van der Waals surface area contributed by atoms with Crippen molar-refractivity contribution in [1.82, 2.24) is 0 Å². The average Bonchev–Trinajstić information content (AvgIpc) is 2.22. The number of carbonyl (C=O) groups is 3. The van der Waals surface area contributed by atoms with E-state index in [4.69, 9.17) is 14.2 Å². The molecule has 0 amide bonds. The van der Waals surface area contributed by atoms with Gasteiger partial charge in [0.05, 0.1) is 0 Å². The molecule has 94 valence electrons. The van der Waals surface area contributed by atoms with Gasteiger partial charge in [0.25, 0.3) is 0 Å². The van der Waals surface area contributed by atoms with E-state index in [-0.39, 0.29) is 12.4 Å². The second-order valence-electron chi connectivity index (χ2n) is 3.63. The third-order valence-electron chi connectivity index (χ3n) is 2.23. The number of hydrogen-bond donors (Lipinski definition) is 0. The number of rotatable bonds is 3. The molecule has 1 aliphatic rings. The fraction of sp³-hybridized carbons (Fsp3) is 0.545. The standard InChI is InChI=1S/C11H14O6/c1-6-11(17-8(3)14)9(4-12)10(5-15-6)16-7(2)13/h4,9-10H,5H2,1-3H3. The first-order chi connectivity index (χ1) is 7.95. The number of esters is 2. The van der Waals surface area contributed by atoms with E-state index in [1.54, 1.807) is 6.92 Å². The summed E-state index contributed by atoms with van der Waals surface area (Å²) in [6, 6.07) is 0. The summed E-state index contributed by atoms with van der Waals surface area (Å²) in [5.74, 6) is -1.44. The molecule has 0 aromatic rings. The van der Waals surface area contributed by atoms with Gasteiger partial charge >= 0.3 is 11.9 Å². The predicted octanol–water partition coefficient (Wildman–Crippen LogP) is 0.558. The summed E-state index contributed by atoms with van der Waals surface area (Å²) in [5.41, 5.74) is 0. The molecule has 0 aromatic heterocycles. The van der Waals surface area contributed by atoms with Crippen LogP contribution in [0.4, 0.5) is 0 Å². The maximum absolute atomic E-state index is 11.0. The Hall–Kier alpha value is -1.85. The van der Waals surface area contributed by atoms with E-state index in [2.05, 4.69) is 0 Å². The molecule has 0 radical (unpaired) electrons. The van der Waals surface area contributed by atoms with Crippen molar-refractivity contribution in [2.24, 2.45) is 5.92 Å². The van der Waals surface area contributed by atoms with Crippen LogP contribution >= 0.6 is 0 Å². The molecule has 0 fully saturated rings. The van der Waals surface area contributed by atoms with Crippen molar-refractivity contribution in [3.63, 3.8) is 0 Å². The van der Waals surface area contributed by atoms with Gasteiger partial charge in [0, 0.05) is 13.8 Å². The lowest BCUT2D eigenvalue weighted by Crippen LogP contribution is -2.38. The van der Waals surface area contributed by atoms with Gasteiger partial charge in [-0.3, -0.25) is 9.59 Å². The molecule has 0 saturated heterocycles. The van der Waals surface area contributed by atoms with Gasteiger partial charge in [0.1, 0.15) is 24.6 Å². The molecule has 6 nitrogen and oxygen atoms in total. The summed E-state index contributed by atoms with van der Waals surface area (Å²) in [6.45, 7) is 4.11. The molecule has 0 aromatic carbocycles. The largest absolute Gasteiger partial charge is 0.491 e. The van der Waals surface area contributed by atoms with Gasteiger partial charge in [0.15, 0.2) is 11.9 Å². The van der Waals surface area contributed by atoms with Gasteiger partial charge in [-0.2, -0.15) is 0 Å². The second kappa shape index (κ2) is 5.47. The highest BCUT2D eigenvalue weighted by Gasteiger charge is 2.36. The van der Waals surface area contributed by atoms with Crippen LogP contribution in [0.5, 0.6) is 0 Å². The minimum atomic E-state index is -0.809. The van der Waals surface area contributed by atoms with Crippen LogP contribution in [0.25, 0.3) is 0 Å². The predicted molar refractivity (Wildman–Crippen MR) is 55.5 cm³/mol. The Morgan fingerprint density at radius 3 is 2.47 bits per heavy atom. The van der Waals surface area contributed by atoms with E-state index in [0.29, 0.717) is 12.0 Å². The molecule has 0 bridgehead atoms. The Morgan fingerprint density at radius 2 is 2.00 bits per heavy atom. The number of ether oxygens (including phenoxy) is 3. The zero-order valence-corrected chi connectivity index (χ0v) is 9.89. The van der Waals surface area contributed by atoms with E-state index < -0.39 is 24.0 Å². The van der Waals surface area contributed by atoms with Gasteiger partial charge < -0.3 is 19.0 Å². The first-order valence-corrected chi connectivity index (χ1v) is 5.10. The van der Waals surface area contributed by atoms with E-state index in [0.717, 1.165) is 0 Å². The molecule has 17 heavy (non-hydrogen) atoms. The van der Waals surface area contributed by atoms with Crippen LogP contribution in [0.15, 0.2) is 11.5 Å². The van der Waals surface area contributed by atoms with E-state index in [1.807, 2.05) is 0 Å². The average molecular weight is 242 g/mol. The van der Waals surface area contributed by atoms with Crippen LogP contribution in [0, 0.1) is 5.92 Å². The number of carbonyl (C=O) groups excluding carboxylic acids is 3. The highest BCUT2D eigenvalue weighted by Crippen LogP contribution is 2.27. The van der Waals surface area contributed by atoms with Crippen LogP contribution < -0.4 is 0 Å². The lowest BCUT2D eigenvalue weighted by atomic mass is 9.99. The zero-order valence-electron chi connectivity index (χ0n) is 9.89. The van der Waals surface area contributed by atoms with Gasteiger partial charge in [0.2, 0.25) is 0 Å². The summed E-state index contributed by atoms with van der Waals surface area (Å²) in [5, 5.41) is 0. The molecular weight excluding hydrogens is 228 g/mol. The molecule has 1 heterocycles. The van der Waals surface area contributed by atoms with Gasteiger partial charge in [-0.25, -0.2) is 0 Å². The molecule has 0 spiro atoms. The molecule has 1 rings (SSSR count). The van der Waals surface area contributed by atoms with Crippen LogP contribution in [0.1, 0.15) is 20.8 Å². The summed E-state index contributed by atoms with van der Waals surface area (Å²) in [6.07, 6.45) is -0.180. The number of hydrogen-bond acceptors (Lipinski definition) is 6. The third-order valence-corrected chi connectivity index (χ3v) is 2.23. The Balaban J connectivity index is 2.93. The smallest absolute Gasteiger partial charge is 0.307 e. The molecule has 6 heteroatoms. The van der Waals surface area contributed by atoms with E-state index in [9.17, 15) is 14.4 Å². The van der Waals surface area contributed by atoms with Crippen molar-refractivity contribution >= 4 is 18.2 Å². The summed E-state index contributed by atoms with van der Waals surface area (Å²) in [4.78, 5) is 32.8. The van der Waals surface area contributed by atoms with Crippen LogP contribution in [0.2, 0.25) is 0 Å². The summed E-state index contributed by atoms with van der Waals surface area (Å²) in [7, 11) is 0. The topological polar surface area (TPSA) is 78.9 Å². The highest BCUT2D eigenvalue weighted by molar-refractivity contribution is 5.70. The highest BCUT2D eigenvalue weighted by atomic mass is 16.6. The molecule has 2 unspecified atom stereocenters. The molecule has 0 saturated carbocycles. The van der Waals surface area contributed by atoms with Gasteiger partial charge in [-0.1, -0.05) is 0 Å². The molecule has 1 aliphatic heterocycles. The normalized spacial score (nSPS) is 23.7. The minimum absolute atomic E-state index is 0.0690. The molecule has 2 atom stereocenters.